The van der Waals surface area contributed by atoms with Crippen molar-refractivity contribution in [3.63, 3.8) is 0 Å². The van der Waals surface area contributed by atoms with Crippen molar-refractivity contribution in [3.05, 3.63) is 91.1 Å². The molecular formula is C29H31Cl2N3O2S. The van der Waals surface area contributed by atoms with Gasteiger partial charge in [-0.2, -0.15) is 0 Å². The molecule has 194 valence electrons. The zero-order valence-corrected chi connectivity index (χ0v) is 23.3. The Balaban J connectivity index is 1.22. The van der Waals surface area contributed by atoms with E-state index in [1.807, 2.05) is 16.2 Å². The van der Waals surface area contributed by atoms with Gasteiger partial charge in [-0.05, 0) is 66.1 Å². The van der Waals surface area contributed by atoms with E-state index in [2.05, 4.69) is 47.5 Å². The predicted molar refractivity (Wildman–Crippen MR) is 151 cm³/mol. The molecular weight excluding hydrogens is 525 g/mol. The van der Waals surface area contributed by atoms with Crippen LogP contribution >= 0.6 is 34.5 Å². The first-order chi connectivity index (χ1) is 17.9. The number of benzene rings is 2. The van der Waals surface area contributed by atoms with Crippen LogP contribution < -0.4 is 0 Å². The number of aryl methyl sites for hydroxylation is 1. The molecule has 0 spiro atoms. The zero-order chi connectivity index (χ0) is 25.9. The van der Waals surface area contributed by atoms with Crippen molar-refractivity contribution in [1.82, 2.24) is 14.7 Å². The highest BCUT2D eigenvalue weighted by Gasteiger charge is 2.31. The molecule has 1 aromatic heterocycles. The van der Waals surface area contributed by atoms with Crippen LogP contribution in [0.3, 0.4) is 0 Å². The van der Waals surface area contributed by atoms with Crippen LogP contribution in [0.25, 0.3) is 0 Å². The highest BCUT2D eigenvalue weighted by Crippen LogP contribution is 2.39. The molecule has 0 saturated carbocycles. The summed E-state index contributed by atoms with van der Waals surface area (Å²) in [5, 5.41) is 3.04. The maximum Gasteiger partial charge on any atom is 0.255 e. The largest absolute Gasteiger partial charge is 0.341 e. The van der Waals surface area contributed by atoms with Crippen LogP contribution in [0.15, 0.2) is 53.9 Å². The fourth-order valence-electron chi connectivity index (χ4n) is 5.47. The molecule has 0 N–H and O–H groups in total. The fraction of sp³-hybridized carbons (Fsp3) is 0.379. The van der Waals surface area contributed by atoms with E-state index in [0.717, 1.165) is 19.4 Å². The molecule has 5 rings (SSSR count). The van der Waals surface area contributed by atoms with Gasteiger partial charge < -0.3 is 9.80 Å². The van der Waals surface area contributed by atoms with E-state index in [9.17, 15) is 9.59 Å². The van der Waals surface area contributed by atoms with Crippen molar-refractivity contribution in [3.8, 4) is 0 Å². The Hall–Kier alpha value is -2.38. The summed E-state index contributed by atoms with van der Waals surface area (Å²) < 4.78 is 0. The van der Waals surface area contributed by atoms with Crippen molar-refractivity contribution in [2.24, 2.45) is 0 Å². The van der Waals surface area contributed by atoms with Gasteiger partial charge in [0.15, 0.2) is 0 Å². The van der Waals surface area contributed by atoms with Gasteiger partial charge in [-0.3, -0.25) is 14.5 Å². The van der Waals surface area contributed by atoms with Gasteiger partial charge in [0.05, 0.1) is 16.6 Å². The molecule has 5 nitrogen and oxygen atoms in total. The van der Waals surface area contributed by atoms with E-state index < -0.39 is 0 Å². The predicted octanol–water partition coefficient (Wildman–Crippen LogP) is 6.08. The lowest BCUT2D eigenvalue weighted by atomic mass is 9.90. The number of halogens is 2. The second kappa shape index (κ2) is 11.6. The average Bonchev–Trinajstić information content (AvgIpc) is 3.23. The third-order valence-electron chi connectivity index (χ3n) is 7.46. The molecule has 37 heavy (non-hydrogen) atoms. The molecule has 3 aromatic rings. The van der Waals surface area contributed by atoms with Gasteiger partial charge in [0.2, 0.25) is 5.91 Å². The summed E-state index contributed by atoms with van der Waals surface area (Å²) in [6.07, 6.45) is 2.24. The number of fused-ring (bicyclic) bond motifs is 1. The minimum Gasteiger partial charge on any atom is -0.341 e. The zero-order valence-electron chi connectivity index (χ0n) is 21.0. The maximum atomic E-state index is 13.3. The van der Waals surface area contributed by atoms with E-state index in [1.54, 1.807) is 23.1 Å². The molecule has 1 atom stereocenters. The first-order valence-electron chi connectivity index (χ1n) is 12.8. The van der Waals surface area contributed by atoms with E-state index in [0.29, 0.717) is 54.8 Å². The molecule has 2 aliphatic rings. The molecule has 0 aliphatic carbocycles. The van der Waals surface area contributed by atoms with Crippen LogP contribution in [0.4, 0.5) is 0 Å². The van der Waals surface area contributed by atoms with Gasteiger partial charge in [0.1, 0.15) is 0 Å². The van der Waals surface area contributed by atoms with Crippen LogP contribution in [0.5, 0.6) is 0 Å². The third kappa shape index (κ3) is 5.73. The van der Waals surface area contributed by atoms with Crippen LogP contribution in [0.1, 0.15) is 50.8 Å². The summed E-state index contributed by atoms with van der Waals surface area (Å²) in [4.78, 5) is 34.0. The maximum absolute atomic E-state index is 13.3. The highest BCUT2D eigenvalue weighted by atomic mass is 35.5. The molecule has 2 aliphatic heterocycles. The molecule has 1 saturated heterocycles. The molecule has 8 heteroatoms. The van der Waals surface area contributed by atoms with E-state index in [1.165, 1.54) is 21.6 Å². The lowest BCUT2D eigenvalue weighted by Crippen LogP contribution is -2.41. The molecule has 2 aromatic carbocycles. The minimum atomic E-state index is -0.114. The second-order valence-corrected chi connectivity index (χ2v) is 11.6. The Morgan fingerprint density at radius 1 is 0.946 bits per heavy atom. The molecule has 2 amide bonds. The third-order valence-corrected chi connectivity index (χ3v) is 9.00. The number of hydrogen-bond donors (Lipinski definition) is 0. The highest BCUT2D eigenvalue weighted by molar-refractivity contribution is 7.10. The number of rotatable bonds is 5. The molecule has 3 heterocycles. The summed E-state index contributed by atoms with van der Waals surface area (Å²) >= 11 is 14.1. The van der Waals surface area contributed by atoms with E-state index >= 15 is 0 Å². The molecule has 1 fully saturated rings. The number of carbonyl (C=O) groups is 2. The van der Waals surface area contributed by atoms with Gasteiger partial charge in [-0.15, -0.1) is 11.3 Å². The first kappa shape index (κ1) is 26.2. The number of hydrogen-bond acceptors (Lipinski definition) is 4. The van der Waals surface area contributed by atoms with Gasteiger partial charge in [-0.1, -0.05) is 47.5 Å². The van der Waals surface area contributed by atoms with Crippen molar-refractivity contribution >= 4 is 46.4 Å². The van der Waals surface area contributed by atoms with Crippen molar-refractivity contribution < 1.29 is 9.59 Å². The topological polar surface area (TPSA) is 43.9 Å². The molecule has 0 bridgehead atoms. The average molecular weight is 557 g/mol. The number of carbonyl (C=O) groups excluding carboxylic acids is 2. The molecule has 1 unspecified atom stereocenters. The summed E-state index contributed by atoms with van der Waals surface area (Å²) in [6, 6.07) is 15.9. The second-order valence-electron chi connectivity index (χ2n) is 9.74. The Morgan fingerprint density at radius 2 is 1.73 bits per heavy atom. The molecule has 0 radical (unpaired) electrons. The van der Waals surface area contributed by atoms with Crippen molar-refractivity contribution in [1.29, 1.82) is 0 Å². The summed E-state index contributed by atoms with van der Waals surface area (Å²) in [7, 11) is 0. The Bertz CT molecular complexity index is 1290. The minimum absolute atomic E-state index is 0.114. The summed E-state index contributed by atoms with van der Waals surface area (Å²) in [6.45, 7) is 6.12. The van der Waals surface area contributed by atoms with E-state index in [4.69, 9.17) is 23.2 Å². The van der Waals surface area contributed by atoms with Gasteiger partial charge in [0, 0.05) is 55.6 Å². The van der Waals surface area contributed by atoms with Crippen molar-refractivity contribution in [2.75, 3.05) is 39.3 Å². The Morgan fingerprint density at radius 3 is 2.54 bits per heavy atom. The smallest absolute Gasteiger partial charge is 0.255 e. The number of nitrogens with zero attached hydrogens (tertiary/aromatic N) is 3. The fourth-order valence-corrected chi connectivity index (χ4v) is 6.86. The normalized spacial score (nSPS) is 18.4. The van der Waals surface area contributed by atoms with Gasteiger partial charge in [-0.25, -0.2) is 0 Å². The number of thiophene rings is 1. The number of amides is 2. The first-order valence-corrected chi connectivity index (χ1v) is 14.4. The standard InChI is InChI=1S/C29H31Cl2N3O2S/c1-20-5-2-3-6-22(20)28-24-11-18-37-26(24)9-14-33(28)15-10-27(35)32-12-4-13-34(17-16-32)29(36)23-8-7-21(30)19-25(23)31/h2-3,5-8,11,18-19,28H,4,9-10,12-17H2,1H3. The van der Waals surface area contributed by atoms with Gasteiger partial charge >= 0.3 is 0 Å². The van der Waals surface area contributed by atoms with E-state index in [-0.39, 0.29) is 17.9 Å². The Labute approximate surface area is 232 Å². The monoisotopic (exact) mass is 555 g/mol. The van der Waals surface area contributed by atoms with Crippen LogP contribution in [-0.4, -0.2) is 65.8 Å². The summed E-state index contributed by atoms with van der Waals surface area (Å²) in [5.41, 5.74) is 4.42. The van der Waals surface area contributed by atoms with Gasteiger partial charge in [0.25, 0.3) is 5.91 Å². The van der Waals surface area contributed by atoms with Crippen LogP contribution in [-0.2, 0) is 11.2 Å². The Kier molecular flexibility index (Phi) is 8.20. The SMILES string of the molecule is Cc1ccccc1C1c2ccsc2CCN1CCC(=O)N1CCCN(C(=O)c2ccc(Cl)cc2Cl)CC1. The summed E-state index contributed by atoms with van der Waals surface area (Å²) in [5.74, 6) is 0.0374. The van der Waals surface area contributed by atoms with Crippen LogP contribution in [0, 0.1) is 6.92 Å². The lowest BCUT2D eigenvalue weighted by Gasteiger charge is -2.37. The lowest BCUT2D eigenvalue weighted by molar-refractivity contribution is -0.131. The van der Waals surface area contributed by atoms with Crippen LogP contribution in [0.2, 0.25) is 10.0 Å². The van der Waals surface area contributed by atoms with Crippen molar-refractivity contribution in [2.45, 2.75) is 32.2 Å². The quantitative estimate of drug-likeness (QED) is 0.383.